The number of aromatic amines is 1. The second-order valence-electron chi connectivity index (χ2n) is 8.47. The van der Waals surface area contributed by atoms with E-state index >= 15 is 0 Å². The second-order valence-corrected chi connectivity index (χ2v) is 9.22. The van der Waals surface area contributed by atoms with Crippen LogP contribution >= 0.6 is 15.9 Å². The van der Waals surface area contributed by atoms with Gasteiger partial charge in [-0.25, -0.2) is 0 Å². The molecule has 3 fully saturated rings. The number of H-pyrrole nitrogens is 1. The summed E-state index contributed by atoms with van der Waals surface area (Å²) in [5.41, 5.74) is 3.08. The number of halogens is 1. The quantitative estimate of drug-likeness (QED) is 0.501. The van der Waals surface area contributed by atoms with Crippen LogP contribution in [0, 0.1) is 41.9 Å². The summed E-state index contributed by atoms with van der Waals surface area (Å²) in [6, 6.07) is 8.34. The fourth-order valence-corrected chi connectivity index (χ4v) is 5.19. The Bertz CT molecular complexity index is 1300. The highest BCUT2D eigenvalue weighted by Gasteiger charge is 2.69. The zero-order chi connectivity index (χ0) is 21.8. The molecule has 3 saturated carbocycles. The lowest BCUT2D eigenvalue weighted by atomic mass is 9.40. The smallest absolute Gasteiger partial charge is 0.236 e. The van der Waals surface area contributed by atoms with Crippen LogP contribution in [0.4, 0.5) is 5.95 Å². The summed E-state index contributed by atoms with van der Waals surface area (Å²) in [7, 11) is 0. The summed E-state index contributed by atoms with van der Waals surface area (Å²) in [6.45, 7) is 3.91. The molecule has 6 rings (SSSR count). The van der Waals surface area contributed by atoms with Crippen LogP contribution in [0.25, 0.3) is 17.1 Å². The third kappa shape index (κ3) is 3.13. The highest BCUT2D eigenvalue weighted by molar-refractivity contribution is 9.10. The van der Waals surface area contributed by atoms with Crippen molar-refractivity contribution >= 4 is 39.0 Å². The van der Waals surface area contributed by atoms with Gasteiger partial charge in [0.15, 0.2) is 5.65 Å². The number of hydrogen-bond donors (Lipinski definition) is 2. The number of allylic oxidation sites excluding steroid dienone is 1. The normalized spacial score (nSPS) is 23.6. The molecular formula is C22H18BrN7O. The number of fused-ring (bicyclic) bond motifs is 1. The van der Waals surface area contributed by atoms with Crippen molar-refractivity contribution in [2.24, 2.45) is 5.41 Å². The Morgan fingerprint density at radius 1 is 1.19 bits per heavy atom. The molecular weight excluding hydrogens is 458 g/mol. The maximum atomic E-state index is 9.27. The Morgan fingerprint density at radius 2 is 1.90 bits per heavy atom. The molecule has 9 heteroatoms. The monoisotopic (exact) mass is 475 g/mol. The van der Waals surface area contributed by atoms with Gasteiger partial charge in [0.2, 0.25) is 11.8 Å². The Hall–Kier alpha value is -3.43. The molecule has 2 heterocycles. The minimum atomic E-state index is -0.163. The molecule has 0 aliphatic heterocycles. The maximum Gasteiger partial charge on any atom is 0.236 e. The van der Waals surface area contributed by atoms with E-state index in [-0.39, 0.29) is 11.0 Å². The molecule has 154 valence electrons. The first-order valence-electron chi connectivity index (χ1n) is 9.82. The molecule has 3 aliphatic carbocycles. The van der Waals surface area contributed by atoms with E-state index in [1.807, 2.05) is 32.0 Å². The van der Waals surface area contributed by atoms with E-state index in [2.05, 4.69) is 47.5 Å². The summed E-state index contributed by atoms with van der Waals surface area (Å²) in [5.74, 6) is 1.54. The van der Waals surface area contributed by atoms with Crippen LogP contribution in [0.5, 0.6) is 11.6 Å². The predicted molar refractivity (Wildman–Crippen MR) is 118 cm³/mol. The summed E-state index contributed by atoms with van der Waals surface area (Å²) >= 11 is 3.44. The molecule has 0 spiro atoms. The average Bonchev–Trinajstić information content (AvgIpc) is 3.05. The van der Waals surface area contributed by atoms with Crippen molar-refractivity contribution in [3.8, 4) is 23.8 Å². The van der Waals surface area contributed by atoms with Gasteiger partial charge >= 0.3 is 0 Å². The number of aromatic nitrogens is 4. The van der Waals surface area contributed by atoms with Crippen LogP contribution in [0.2, 0.25) is 0 Å². The van der Waals surface area contributed by atoms with Gasteiger partial charge in [-0.15, -0.1) is 0 Å². The summed E-state index contributed by atoms with van der Waals surface area (Å²) in [5, 5.41) is 29.2. The van der Waals surface area contributed by atoms with E-state index < -0.39 is 0 Å². The van der Waals surface area contributed by atoms with Crippen LogP contribution in [-0.2, 0) is 0 Å². The maximum absolute atomic E-state index is 9.27. The van der Waals surface area contributed by atoms with Gasteiger partial charge in [-0.1, -0.05) is 0 Å². The Morgan fingerprint density at radius 3 is 2.55 bits per heavy atom. The summed E-state index contributed by atoms with van der Waals surface area (Å²) in [6.07, 6.45) is 5.66. The van der Waals surface area contributed by atoms with E-state index in [1.165, 1.54) is 6.08 Å². The Labute approximate surface area is 187 Å². The van der Waals surface area contributed by atoms with Gasteiger partial charge in [-0.3, -0.25) is 5.10 Å². The molecule has 0 saturated heterocycles. The van der Waals surface area contributed by atoms with E-state index in [9.17, 15) is 5.26 Å². The number of aryl methyl sites for hydroxylation is 2. The zero-order valence-electron chi connectivity index (χ0n) is 17.0. The third-order valence-electron chi connectivity index (χ3n) is 6.02. The first-order valence-corrected chi connectivity index (χ1v) is 10.6. The first-order chi connectivity index (χ1) is 14.9. The van der Waals surface area contributed by atoms with Crippen LogP contribution in [0.15, 0.2) is 22.8 Å². The van der Waals surface area contributed by atoms with Crippen molar-refractivity contribution in [2.45, 2.75) is 38.6 Å². The van der Waals surface area contributed by atoms with E-state index in [0.29, 0.717) is 33.2 Å². The molecule has 0 radical (unpaired) electrons. The highest BCUT2D eigenvalue weighted by Crippen LogP contribution is 2.67. The average molecular weight is 476 g/mol. The van der Waals surface area contributed by atoms with E-state index in [4.69, 9.17) is 10.00 Å². The lowest BCUT2D eigenvalue weighted by Gasteiger charge is -2.66. The standard InChI is InChI=1S/C22H18BrN7O/c1-12-6-14(4-3-5-24)7-13(2)16(12)31-19-15-17(23)29-30-18(15)26-20(27-19)28-22-8-21(9-22,10-22)11-25/h3-4,6-7H,8-10H2,1-2H3,(H2,26,27,28,29,30)/b4-3+. The molecule has 8 nitrogen and oxygen atoms in total. The van der Waals surface area contributed by atoms with Crippen molar-refractivity contribution in [3.05, 3.63) is 39.5 Å². The van der Waals surface area contributed by atoms with E-state index in [0.717, 1.165) is 36.0 Å². The van der Waals surface area contributed by atoms with Crippen LogP contribution in [0.1, 0.15) is 36.0 Å². The van der Waals surface area contributed by atoms with Crippen molar-refractivity contribution in [3.63, 3.8) is 0 Å². The molecule has 0 amide bonds. The van der Waals surface area contributed by atoms with Crippen molar-refractivity contribution < 1.29 is 4.74 Å². The molecule has 2 aromatic heterocycles. The minimum Gasteiger partial charge on any atom is -0.437 e. The molecule has 1 aromatic carbocycles. The van der Waals surface area contributed by atoms with Gasteiger partial charge < -0.3 is 10.1 Å². The van der Waals surface area contributed by atoms with Crippen molar-refractivity contribution in [2.75, 3.05) is 5.32 Å². The van der Waals surface area contributed by atoms with Crippen LogP contribution < -0.4 is 10.1 Å². The first kappa shape index (κ1) is 19.5. The van der Waals surface area contributed by atoms with Crippen molar-refractivity contribution in [1.29, 1.82) is 10.5 Å². The topological polar surface area (TPSA) is 123 Å². The molecule has 3 aliphatic rings. The number of anilines is 1. The van der Waals surface area contributed by atoms with Gasteiger partial charge in [-0.05, 0) is 83.9 Å². The second kappa shape index (κ2) is 6.79. The lowest BCUT2D eigenvalue weighted by molar-refractivity contribution is -0.0665. The van der Waals surface area contributed by atoms with Crippen LogP contribution in [0.3, 0.4) is 0 Å². The third-order valence-corrected chi connectivity index (χ3v) is 6.59. The summed E-state index contributed by atoms with van der Waals surface area (Å²) < 4.78 is 6.86. The number of ether oxygens (including phenoxy) is 1. The zero-order valence-corrected chi connectivity index (χ0v) is 18.5. The molecule has 31 heavy (non-hydrogen) atoms. The summed E-state index contributed by atoms with van der Waals surface area (Å²) in [4.78, 5) is 9.21. The van der Waals surface area contributed by atoms with Gasteiger partial charge in [0.1, 0.15) is 15.7 Å². The van der Waals surface area contributed by atoms with E-state index in [1.54, 1.807) is 6.08 Å². The number of benzene rings is 1. The molecule has 0 atom stereocenters. The lowest BCUT2D eigenvalue weighted by Crippen LogP contribution is -2.70. The number of rotatable bonds is 5. The number of nitrogens with zero attached hydrogens (tertiary/aromatic N) is 5. The fraction of sp³-hybridized carbons (Fsp3) is 0.318. The van der Waals surface area contributed by atoms with Gasteiger partial charge in [0.05, 0.1) is 17.6 Å². The Kier molecular flexibility index (Phi) is 4.28. The van der Waals surface area contributed by atoms with Crippen LogP contribution in [-0.4, -0.2) is 25.7 Å². The molecule has 3 aromatic rings. The number of nitrogens with one attached hydrogen (secondary N) is 2. The fourth-order valence-electron chi connectivity index (χ4n) is 4.74. The number of hydrogen-bond acceptors (Lipinski definition) is 7. The molecule has 2 N–H and O–H groups in total. The molecule has 0 unspecified atom stereocenters. The molecule has 2 bridgehead atoms. The SMILES string of the molecule is Cc1cc(/C=C/C#N)cc(C)c1Oc1nc(NC23CC(C#N)(C2)C3)nc2[nH]nc(Br)c12. The Balaban J connectivity index is 1.50. The largest absolute Gasteiger partial charge is 0.437 e. The minimum absolute atomic E-state index is 0.0987. The van der Waals surface area contributed by atoms with Gasteiger partial charge in [-0.2, -0.15) is 25.6 Å². The van der Waals surface area contributed by atoms with Gasteiger partial charge in [0, 0.05) is 11.6 Å². The van der Waals surface area contributed by atoms with Gasteiger partial charge in [0.25, 0.3) is 0 Å². The van der Waals surface area contributed by atoms with Crippen molar-refractivity contribution in [1.82, 2.24) is 20.2 Å². The predicted octanol–water partition coefficient (Wildman–Crippen LogP) is 4.92. The highest BCUT2D eigenvalue weighted by atomic mass is 79.9. The number of nitriles is 2.